The summed E-state index contributed by atoms with van der Waals surface area (Å²) in [4.78, 5) is 6.79. The summed E-state index contributed by atoms with van der Waals surface area (Å²) in [6.45, 7) is 5.11. The Hall–Kier alpha value is -1.09. The van der Waals surface area contributed by atoms with E-state index in [1.54, 1.807) is 0 Å². The van der Waals surface area contributed by atoms with E-state index in [-0.39, 0.29) is 29.7 Å². The van der Waals surface area contributed by atoms with Crippen LogP contribution in [0.15, 0.2) is 41.4 Å². The van der Waals surface area contributed by atoms with Gasteiger partial charge < -0.3 is 10.2 Å². The van der Waals surface area contributed by atoms with Crippen LogP contribution in [0.25, 0.3) is 5.57 Å². The van der Waals surface area contributed by atoms with Gasteiger partial charge >= 0.3 is 0 Å². The number of halogens is 1. The van der Waals surface area contributed by atoms with Crippen molar-refractivity contribution in [3.05, 3.63) is 42.0 Å². The highest BCUT2D eigenvalue weighted by molar-refractivity contribution is 14.0. The molecule has 0 bridgehead atoms. The van der Waals surface area contributed by atoms with Crippen LogP contribution in [0.1, 0.15) is 25.3 Å². The molecular formula is C18H28IN3O2S. The second kappa shape index (κ2) is 10.8. The maximum Gasteiger partial charge on any atom is 0.194 e. The Kier molecular flexibility index (Phi) is 9.48. The first-order valence-corrected chi connectivity index (χ1v) is 10.5. The average molecular weight is 477 g/mol. The Morgan fingerprint density at radius 3 is 2.56 bits per heavy atom. The Balaban J connectivity index is 0.00000312. The lowest BCUT2D eigenvalue weighted by molar-refractivity contribution is 0.440. The van der Waals surface area contributed by atoms with E-state index in [1.807, 2.05) is 13.0 Å². The summed E-state index contributed by atoms with van der Waals surface area (Å²) in [5.74, 6) is 1.06. The van der Waals surface area contributed by atoms with Gasteiger partial charge in [0.25, 0.3) is 0 Å². The van der Waals surface area contributed by atoms with Gasteiger partial charge in [0.15, 0.2) is 5.96 Å². The SMILES string of the molecule is CCNC(=NCCCS(C)(=O)=O)N1CC=C(c2ccccc2)CC1.I. The van der Waals surface area contributed by atoms with Crippen molar-refractivity contribution in [2.75, 3.05) is 38.2 Å². The summed E-state index contributed by atoms with van der Waals surface area (Å²) in [5, 5.41) is 3.30. The number of sulfone groups is 1. The maximum absolute atomic E-state index is 11.2. The van der Waals surface area contributed by atoms with E-state index >= 15 is 0 Å². The number of nitrogens with zero attached hydrogens (tertiary/aromatic N) is 2. The van der Waals surface area contributed by atoms with E-state index < -0.39 is 9.84 Å². The van der Waals surface area contributed by atoms with Crippen LogP contribution >= 0.6 is 24.0 Å². The molecular weight excluding hydrogens is 449 g/mol. The monoisotopic (exact) mass is 477 g/mol. The van der Waals surface area contributed by atoms with Crippen molar-refractivity contribution in [3.63, 3.8) is 0 Å². The van der Waals surface area contributed by atoms with Crippen molar-refractivity contribution in [1.29, 1.82) is 0 Å². The molecule has 1 aliphatic heterocycles. The van der Waals surface area contributed by atoms with Gasteiger partial charge in [0.1, 0.15) is 9.84 Å². The molecule has 0 aliphatic carbocycles. The first kappa shape index (κ1) is 22.0. The van der Waals surface area contributed by atoms with E-state index in [1.165, 1.54) is 17.4 Å². The number of hydrogen-bond acceptors (Lipinski definition) is 3. The third-order valence-corrected chi connectivity index (χ3v) is 4.95. The number of benzene rings is 1. The van der Waals surface area contributed by atoms with Gasteiger partial charge in [0, 0.05) is 32.4 Å². The minimum absolute atomic E-state index is 0. The third-order valence-electron chi connectivity index (χ3n) is 3.92. The molecule has 2 rings (SSSR count). The average Bonchev–Trinajstić information content (AvgIpc) is 2.58. The van der Waals surface area contributed by atoms with Crippen molar-refractivity contribution in [3.8, 4) is 0 Å². The van der Waals surface area contributed by atoms with Crippen LogP contribution in [-0.4, -0.2) is 57.5 Å². The maximum atomic E-state index is 11.2. The molecule has 5 nitrogen and oxygen atoms in total. The second-order valence-corrected chi connectivity index (χ2v) is 8.27. The molecule has 0 amide bonds. The number of hydrogen-bond donors (Lipinski definition) is 1. The fourth-order valence-electron chi connectivity index (χ4n) is 2.71. The van der Waals surface area contributed by atoms with Gasteiger partial charge in [-0.3, -0.25) is 4.99 Å². The van der Waals surface area contributed by atoms with Gasteiger partial charge in [-0.2, -0.15) is 0 Å². The number of guanidine groups is 1. The van der Waals surface area contributed by atoms with Crippen molar-refractivity contribution >= 4 is 45.3 Å². The molecule has 0 spiro atoms. The summed E-state index contributed by atoms with van der Waals surface area (Å²) in [6.07, 6.45) is 5.06. The zero-order chi connectivity index (χ0) is 17.4. The summed E-state index contributed by atoms with van der Waals surface area (Å²) >= 11 is 0. The molecule has 1 heterocycles. The third kappa shape index (κ3) is 7.77. The summed E-state index contributed by atoms with van der Waals surface area (Å²) < 4.78 is 22.4. The fraction of sp³-hybridized carbons (Fsp3) is 0.500. The van der Waals surface area contributed by atoms with Crippen LogP contribution < -0.4 is 5.32 Å². The first-order chi connectivity index (χ1) is 11.5. The first-order valence-electron chi connectivity index (χ1n) is 8.45. The van der Waals surface area contributed by atoms with E-state index in [0.29, 0.717) is 13.0 Å². The smallest absolute Gasteiger partial charge is 0.194 e. The highest BCUT2D eigenvalue weighted by Crippen LogP contribution is 2.21. The predicted octanol–water partition coefficient (Wildman–Crippen LogP) is 2.79. The van der Waals surface area contributed by atoms with Gasteiger partial charge in [-0.1, -0.05) is 36.4 Å². The molecule has 1 aromatic carbocycles. The molecule has 1 N–H and O–H groups in total. The molecule has 7 heteroatoms. The highest BCUT2D eigenvalue weighted by atomic mass is 127. The lowest BCUT2D eigenvalue weighted by Crippen LogP contribution is -2.43. The minimum atomic E-state index is -2.91. The molecule has 0 saturated carbocycles. The van der Waals surface area contributed by atoms with Crippen LogP contribution in [0, 0.1) is 0 Å². The normalized spacial score (nSPS) is 15.4. The topological polar surface area (TPSA) is 61.8 Å². The van der Waals surface area contributed by atoms with Gasteiger partial charge in [-0.25, -0.2) is 8.42 Å². The quantitative estimate of drug-likeness (QED) is 0.296. The van der Waals surface area contributed by atoms with Crippen molar-refractivity contribution < 1.29 is 8.42 Å². The molecule has 0 atom stereocenters. The van der Waals surface area contributed by atoms with Gasteiger partial charge in [-0.05, 0) is 30.9 Å². The summed E-state index contributed by atoms with van der Waals surface area (Å²) in [7, 11) is -2.91. The zero-order valence-corrected chi connectivity index (χ0v) is 18.1. The lowest BCUT2D eigenvalue weighted by Gasteiger charge is -2.30. The Morgan fingerprint density at radius 2 is 2.00 bits per heavy atom. The Bertz CT molecular complexity index is 688. The molecule has 1 aromatic rings. The molecule has 0 aromatic heterocycles. The lowest BCUT2D eigenvalue weighted by atomic mass is 10.00. The van der Waals surface area contributed by atoms with Crippen molar-refractivity contribution in [2.45, 2.75) is 19.8 Å². The van der Waals surface area contributed by atoms with Crippen molar-refractivity contribution in [1.82, 2.24) is 10.2 Å². The largest absolute Gasteiger partial charge is 0.357 e. The molecule has 0 saturated heterocycles. The van der Waals surface area contributed by atoms with E-state index in [2.05, 4.69) is 45.6 Å². The van der Waals surface area contributed by atoms with Gasteiger partial charge in [0.05, 0.1) is 5.75 Å². The zero-order valence-electron chi connectivity index (χ0n) is 14.9. The Labute approximate surface area is 168 Å². The fourth-order valence-corrected chi connectivity index (χ4v) is 3.37. The van der Waals surface area contributed by atoms with Crippen LogP contribution in [-0.2, 0) is 9.84 Å². The van der Waals surface area contributed by atoms with E-state index in [0.717, 1.165) is 32.0 Å². The summed E-state index contributed by atoms with van der Waals surface area (Å²) in [6, 6.07) is 10.5. The highest BCUT2D eigenvalue weighted by Gasteiger charge is 2.16. The van der Waals surface area contributed by atoms with Crippen LogP contribution in [0.2, 0.25) is 0 Å². The molecule has 140 valence electrons. The van der Waals surface area contributed by atoms with E-state index in [4.69, 9.17) is 0 Å². The van der Waals surface area contributed by atoms with Gasteiger partial charge in [-0.15, -0.1) is 24.0 Å². The standard InChI is InChI=1S/C18H27N3O2S.HI/c1-3-19-18(20-12-7-15-24(2,22)23)21-13-10-17(11-14-21)16-8-5-4-6-9-16;/h4-6,8-10H,3,7,11-15H2,1-2H3,(H,19,20);1H. The van der Waals surface area contributed by atoms with Crippen molar-refractivity contribution in [2.24, 2.45) is 4.99 Å². The number of nitrogens with one attached hydrogen (secondary N) is 1. The van der Waals surface area contributed by atoms with Crippen LogP contribution in [0.3, 0.4) is 0 Å². The van der Waals surface area contributed by atoms with Crippen LogP contribution in [0.4, 0.5) is 0 Å². The number of rotatable bonds is 6. The molecule has 0 radical (unpaired) electrons. The Morgan fingerprint density at radius 1 is 1.28 bits per heavy atom. The predicted molar refractivity (Wildman–Crippen MR) is 116 cm³/mol. The molecule has 0 fully saturated rings. The van der Waals surface area contributed by atoms with Gasteiger partial charge in [0.2, 0.25) is 0 Å². The summed E-state index contributed by atoms with van der Waals surface area (Å²) in [5.41, 5.74) is 2.66. The molecule has 1 aliphatic rings. The van der Waals surface area contributed by atoms with E-state index in [9.17, 15) is 8.42 Å². The molecule has 0 unspecified atom stereocenters. The van der Waals surface area contributed by atoms with Crippen LogP contribution in [0.5, 0.6) is 0 Å². The minimum Gasteiger partial charge on any atom is -0.357 e. The molecule has 25 heavy (non-hydrogen) atoms. The second-order valence-electron chi connectivity index (χ2n) is 6.01. The number of aliphatic imine (C=N–C) groups is 1.